The van der Waals surface area contributed by atoms with Gasteiger partial charge in [-0.25, -0.2) is 4.79 Å². The minimum absolute atomic E-state index is 0.0262. The van der Waals surface area contributed by atoms with Crippen LogP contribution in [-0.4, -0.2) is 41.5 Å². The fourth-order valence-electron chi connectivity index (χ4n) is 6.74. The van der Waals surface area contributed by atoms with Crippen LogP contribution in [0.4, 0.5) is 0 Å². The van der Waals surface area contributed by atoms with Gasteiger partial charge in [0.05, 0.1) is 18.3 Å². The second kappa shape index (κ2) is 9.53. The normalized spacial score (nSPS) is 35.1. The molecular weight excluding hydrogens is 438 g/mol. The van der Waals surface area contributed by atoms with Gasteiger partial charge in [-0.05, 0) is 73.1 Å². The summed E-state index contributed by atoms with van der Waals surface area (Å²) in [5, 5.41) is 25.3. The zero-order valence-corrected chi connectivity index (χ0v) is 20.4. The van der Waals surface area contributed by atoms with Gasteiger partial charge in [-0.2, -0.15) is 0 Å². The van der Waals surface area contributed by atoms with E-state index in [1.807, 2.05) is 37.3 Å². The van der Waals surface area contributed by atoms with Gasteiger partial charge in [0.2, 0.25) is 0 Å². The summed E-state index contributed by atoms with van der Waals surface area (Å²) in [6, 6.07) is 7.54. The Morgan fingerprint density at radius 3 is 2.79 bits per heavy atom. The van der Waals surface area contributed by atoms with Gasteiger partial charge in [0, 0.05) is 23.0 Å². The molecule has 1 aliphatic heterocycles. The highest BCUT2D eigenvalue weighted by molar-refractivity contribution is 6.30. The van der Waals surface area contributed by atoms with Crippen LogP contribution >= 0.6 is 11.6 Å². The predicted octanol–water partition coefficient (Wildman–Crippen LogP) is 4.41. The maximum absolute atomic E-state index is 12.5. The van der Waals surface area contributed by atoms with Gasteiger partial charge in [-0.1, -0.05) is 49.7 Å². The van der Waals surface area contributed by atoms with Crippen molar-refractivity contribution in [3.8, 4) is 0 Å². The lowest BCUT2D eigenvalue weighted by Gasteiger charge is -2.60. The number of hydrogen-bond donors (Lipinski definition) is 3. The highest BCUT2D eigenvalue weighted by Crippen LogP contribution is 2.61. The number of nitrogens with one attached hydrogen (secondary N) is 1. The van der Waals surface area contributed by atoms with E-state index in [0.29, 0.717) is 30.2 Å². The Balaban J connectivity index is 1.61. The summed E-state index contributed by atoms with van der Waals surface area (Å²) in [6.45, 7) is 9.63. The Kier molecular flexibility index (Phi) is 7.07. The number of hydrogen-bond acceptors (Lipinski definition) is 5. The molecule has 0 saturated heterocycles. The molecule has 0 amide bonds. The summed E-state index contributed by atoms with van der Waals surface area (Å²) in [6.07, 6.45) is 5.44. The average Bonchev–Trinajstić information content (AvgIpc) is 3.21. The molecule has 0 spiro atoms. The van der Waals surface area contributed by atoms with E-state index in [-0.39, 0.29) is 35.9 Å². The van der Waals surface area contributed by atoms with E-state index in [4.69, 9.17) is 16.3 Å². The smallest absolute Gasteiger partial charge is 0.335 e. The van der Waals surface area contributed by atoms with Crippen LogP contribution in [0.15, 0.2) is 48.1 Å². The first-order valence-corrected chi connectivity index (χ1v) is 12.4. The second-order valence-corrected chi connectivity index (χ2v) is 11.0. The number of ether oxygens (including phenoxy) is 1. The number of allylic oxidation sites excluding steroid dienone is 1. The number of aliphatic hydroxyl groups is 2. The van der Waals surface area contributed by atoms with Crippen molar-refractivity contribution in [3.63, 3.8) is 0 Å². The molecule has 6 heteroatoms. The first-order chi connectivity index (χ1) is 15.7. The summed E-state index contributed by atoms with van der Waals surface area (Å²) in [5.74, 6) is 0.0918. The summed E-state index contributed by atoms with van der Waals surface area (Å²) in [5.41, 5.74) is 2.30. The second-order valence-electron chi connectivity index (χ2n) is 10.6. The van der Waals surface area contributed by atoms with E-state index in [1.54, 1.807) is 0 Å². The van der Waals surface area contributed by atoms with Crippen molar-refractivity contribution in [3.05, 3.63) is 58.7 Å². The highest BCUT2D eigenvalue weighted by atomic mass is 35.5. The van der Waals surface area contributed by atoms with Crippen LogP contribution < -0.4 is 5.32 Å². The van der Waals surface area contributed by atoms with Crippen LogP contribution in [0.5, 0.6) is 0 Å². The number of esters is 1. The number of benzene rings is 1. The van der Waals surface area contributed by atoms with Crippen molar-refractivity contribution in [1.82, 2.24) is 5.32 Å². The van der Waals surface area contributed by atoms with Gasteiger partial charge < -0.3 is 20.3 Å². The predicted molar refractivity (Wildman–Crippen MR) is 130 cm³/mol. The average molecular weight is 474 g/mol. The third-order valence-corrected chi connectivity index (χ3v) is 8.97. The fraction of sp³-hybridized carbons (Fsp3) is 0.593. The van der Waals surface area contributed by atoms with E-state index in [9.17, 15) is 15.0 Å². The zero-order valence-electron chi connectivity index (χ0n) is 19.6. The molecule has 3 unspecified atom stereocenters. The molecule has 2 fully saturated rings. The van der Waals surface area contributed by atoms with Gasteiger partial charge >= 0.3 is 5.97 Å². The van der Waals surface area contributed by atoms with Gasteiger partial charge in [-0.15, -0.1) is 0 Å². The number of aliphatic hydroxyl groups excluding tert-OH is 2. The van der Waals surface area contributed by atoms with Gasteiger partial charge in [-0.3, -0.25) is 0 Å². The Bertz CT molecular complexity index is 946. The Morgan fingerprint density at radius 2 is 2.12 bits per heavy atom. The molecule has 1 aromatic rings. The molecule has 0 aromatic heterocycles. The first kappa shape index (κ1) is 24.5. The van der Waals surface area contributed by atoms with Crippen LogP contribution in [-0.2, 0) is 16.1 Å². The first-order valence-electron chi connectivity index (χ1n) is 12.0. The van der Waals surface area contributed by atoms with Crippen LogP contribution in [0.25, 0.3) is 0 Å². The topological polar surface area (TPSA) is 78.8 Å². The summed E-state index contributed by atoms with van der Waals surface area (Å²) < 4.78 is 5.25. The third kappa shape index (κ3) is 4.53. The molecule has 0 bridgehead atoms. The minimum Gasteiger partial charge on any atom is -0.458 e. The van der Waals surface area contributed by atoms with Crippen LogP contribution in [0.3, 0.4) is 0 Å². The number of halogens is 1. The molecule has 180 valence electrons. The largest absolute Gasteiger partial charge is 0.458 e. The Hall–Kier alpha value is -1.66. The van der Waals surface area contributed by atoms with Crippen LogP contribution in [0, 0.1) is 22.7 Å². The number of carbonyl (C=O) groups excluding carboxylic acids is 1. The van der Waals surface area contributed by atoms with Crippen molar-refractivity contribution in [2.45, 2.75) is 64.6 Å². The molecule has 2 aliphatic carbocycles. The lowest BCUT2D eigenvalue weighted by molar-refractivity contribution is -0.153. The Morgan fingerprint density at radius 1 is 1.33 bits per heavy atom. The van der Waals surface area contributed by atoms with Crippen molar-refractivity contribution in [1.29, 1.82) is 0 Å². The van der Waals surface area contributed by atoms with Crippen molar-refractivity contribution in [2.24, 2.45) is 22.7 Å². The molecule has 1 aromatic carbocycles. The highest BCUT2D eigenvalue weighted by Gasteiger charge is 2.57. The lowest BCUT2D eigenvalue weighted by atomic mass is 9.46. The quantitative estimate of drug-likeness (QED) is 0.403. The van der Waals surface area contributed by atoms with Crippen LogP contribution in [0.1, 0.15) is 51.5 Å². The summed E-state index contributed by atoms with van der Waals surface area (Å²) in [4.78, 5) is 12.5. The van der Waals surface area contributed by atoms with E-state index >= 15 is 0 Å². The molecule has 1 heterocycles. The maximum atomic E-state index is 12.5. The third-order valence-electron chi connectivity index (χ3n) is 8.74. The Labute approximate surface area is 201 Å². The SMILES string of the molecule is C=C1CCC2[C@](C)(CC[C@@H](O)[C@@]2(C)CO)C1CC(NCc1cccc(Cl)c1)C1=CCOC1=O. The molecule has 3 N–H and O–H groups in total. The van der Waals surface area contributed by atoms with Gasteiger partial charge in [0.25, 0.3) is 0 Å². The monoisotopic (exact) mass is 473 g/mol. The van der Waals surface area contributed by atoms with Crippen LogP contribution in [0.2, 0.25) is 5.02 Å². The van der Waals surface area contributed by atoms with Crippen molar-refractivity contribution >= 4 is 17.6 Å². The number of cyclic esters (lactones) is 1. The number of rotatable bonds is 7. The minimum atomic E-state index is -0.527. The molecule has 5 nitrogen and oxygen atoms in total. The molecule has 33 heavy (non-hydrogen) atoms. The molecule has 3 aliphatic rings. The number of carbonyl (C=O) groups is 1. The lowest BCUT2D eigenvalue weighted by Crippen LogP contribution is -2.58. The molecule has 0 radical (unpaired) electrons. The molecule has 4 rings (SSSR count). The summed E-state index contributed by atoms with van der Waals surface area (Å²) in [7, 11) is 0. The molecular formula is C27H36ClNO4. The van der Waals surface area contributed by atoms with E-state index in [1.165, 1.54) is 5.57 Å². The van der Waals surface area contributed by atoms with E-state index in [0.717, 1.165) is 31.2 Å². The standard InChI is InChI=1S/C27H36ClNO4/c1-17-7-8-23-26(2,11-9-24(31)27(23,3)16-30)21(17)14-22(20-10-12-33-25(20)32)29-15-18-5-4-6-19(28)13-18/h4-6,10,13,21-24,29-31H,1,7-9,11-12,14-16H2,2-3H3/t21?,22?,23?,24-,26-,27+/m1/s1. The summed E-state index contributed by atoms with van der Waals surface area (Å²) >= 11 is 6.17. The maximum Gasteiger partial charge on any atom is 0.335 e. The molecule has 2 saturated carbocycles. The van der Waals surface area contributed by atoms with Crippen molar-refractivity contribution in [2.75, 3.05) is 13.2 Å². The zero-order chi connectivity index (χ0) is 23.8. The van der Waals surface area contributed by atoms with Crippen molar-refractivity contribution < 1.29 is 19.7 Å². The van der Waals surface area contributed by atoms with Gasteiger partial charge in [0.15, 0.2) is 0 Å². The fourth-order valence-corrected chi connectivity index (χ4v) is 6.95. The van der Waals surface area contributed by atoms with E-state index in [2.05, 4.69) is 18.8 Å². The van der Waals surface area contributed by atoms with E-state index < -0.39 is 11.5 Å². The van der Waals surface area contributed by atoms with Gasteiger partial charge in [0.1, 0.15) is 6.61 Å². The molecule has 6 atom stereocenters. The number of fused-ring (bicyclic) bond motifs is 1.